The first kappa shape index (κ1) is 11.2. The molecule has 0 spiro atoms. The summed E-state index contributed by atoms with van der Waals surface area (Å²) in [6, 6.07) is 6.44. The van der Waals surface area contributed by atoms with Gasteiger partial charge < -0.3 is 15.4 Å². The Bertz CT molecular complexity index is 324. The van der Waals surface area contributed by atoms with Gasteiger partial charge in [-0.25, -0.2) is 0 Å². The number of methoxy groups -OCH3 is 1. The lowest BCUT2D eigenvalue weighted by atomic mass is 10.1. The van der Waals surface area contributed by atoms with E-state index in [0.29, 0.717) is 11.9 Å². The summed E-state index contributed by atoms with van der Waals surface area (Å²) in [5.74, 6) is 1.54. The molecule has 4 nitrogen and oxygen atoms in total. The van der Waals surface area contributed by atoms with Crippen LogP contribution in [0.5, 0.6) is 5.88 Å². The van der Waals surface area contributed by atoms with Gasteiger partial charge >= 0.3 is 0 Å². The Morgan fingerprint density at radius 1 is 1.56 bits per heavy atom. The van der Waals surface area contributed by atoms with E-state index in [9.17, 15) is 0 Å². The van der Waals surface area contributed by atoms with Gasteiger partial charge in [0.15, 0.2) is 0 Å². The molecule has 0 aliphatic carbocycles. The first-order valence-corrected chi connectivity index (χ1v) is 5.87. The van der Waals surface area contributed by atoms with Gasteiger partial charge in [-0.15, -0.1) is 0 Å². The fourth-order valence-electron chi connectivity index (χ4n) is 2.00. The first-order chi connectivity index (χ1) is 7.88. The molecule has 1 unspecified atom stereocenters. The molecule has 1 atom stereocenters. The third kappa shape index (κ3) is 3.10. The molecule has 1 aromatic rings. The molecular formula is C12H19N3O. The zero-order valence-electron chi connectivity index (χ0n) is 9.70. The monoisotopic (exact) mass is 221 g/mol. The minimum atomic E-state index is 0.656. The summed E-state index contributed by atoms with van der Waals surface area (Å²) in [6.45, 7) is 2.12. The minimum absolute atomic E-state index is 0.656. The highest BCUT2D eigenvalue weighted by atomic mass is 16.5. The van der Waals surface area contributed by atoms with Crippen molar-refractivity contribution < 1.29 is 4.74 Å². The van der Waals surface area contributed by atoms with Gasteiger partial charge in [0.1, 0.15) is 5.82 Å². The van der Waals surface area contributed by atoms with Gasteiger partial charge in [0.2, 0.25) is 5.88 Å². The average molecular weight is 221 g/mol. The minimum Gasteiger partial charge on any atom is -0.481 e. The third-order valence-corrected chi connectivity index (χ3v) is 2.89. The van der Waals surface area contributed by atoms with Gasteiger partial charge in [-0.05, 0) is 31.9 Å². The number of ether oxygens (including phenoxy) is 1. The molecule has 0 aromatic carbocycles. The Morgan fingerprint density at radius 3 is 3.25 bits per heavy atom. The van der Waals surface area contributed by atoms with E-state index < -0.39 is 0 Å². The van der Waals surface area contributed by atoms with E-state index >= 15 is 0 Å². The van der Waals surface area contributed by atoms with Crippen LogP contribution in [0.3, 0.4) is 0 Å². The summed E-state index contributed by atoms with van der Waals surface area (Å²) in [5, 5.41) is 6.80. The van der Waals surface area contributed by atoms with E-state index in [1.165, 1.54) is 19.4 Å². The maximum atomic E-state index is 5.07. The summed E-state index contributed by atoms with van der Waals surface area (Å²) < 4.78 is 5.07. The molecule has 1 saturated heterocycles. The molecule has 1 aliphatic heterocycles. The number of nitrogens with one attached hydrogen (secondary N) is 2. The predicted octanol–water partition coefficient (Wildman–Crippen LogP) is 1.64. The Kier molecular flexibility index (Phi) is 3.99. The number of aromatic nitrogens is 1. The summed E-state index contributed by atoms with van der Waals surface area (Å²) in [6.07, 6.45) is 3.76. The SMILES string of the molecule is COc1cccc(NCCC2CCCN2)n1. The van der Waals surface area contributed by atoms with Crippen LogP contribution in [0, 0.1) is 0 Å². The van der Waals surface area contributed by atoms with Crippen molar-refractivity contribution >= 4 is 5.82 Å². The lowest BCUT2D eigenvalue weighted by Gasteiger charge is -2.11. The molecular weight excluding hydrogens is 202 g/mol. The Hall–Kier alpha value is -1.29. The molecule has 2 N–H and O–H groups in total. The van der Waals surface area contributed by atoms with Gasteiger partial charge in [-0.1, -0.05) is 6.07 Å². The van der Waals surface area contributed by atoms with Crippen LogP contribution in [-0.4, -0.2) is 31.2 Å². The molecule has 1 aliphatic rings. The number of hydrogen-bond donors (Lipinski definition) is 2. The quantitative estimate of drug-likeness (QED) is 0.793. The molecule has 0 radical (unpaired) electrons. The van der Waals surface area contributed by atoms with Gasteiger partial charge in [0.25, 0.3) is 0 Å². The van der Waals surface area contributed by atoms with Crippen LogP contribution in [0.15, 0.2) is 18.2 Å². The van der Waals surface area contributed by atoms with E-state index in [1.807, 2.05) is 18.2 Å². The standard InChI is InChI=1S/C12H19N3O/c1-16-12-6-2-5-11(15-12)14-9-7-10-4-3-8-13-10/h2,5-6,10,13H,3-4,7-9H2,1H3,(H,14,15). The van der Waals surface area contributed by atoms with Crippen molar-refractivity contribution in [3.63, 3.8) is 0 Å². The second kappa shape index (κ2) is 5.70. The van der Waals surface area contributed by atoms with Crippen molar-refractivity contribution in [2.45, 2.75) is 25.3 Å². The molecule has 0 saturated carbocycles. The summed E-state index contributed by atoms with van der Waals surface area (Å²) in [4.78, 5) is 4.30. The zero-order valence-corrected chi connectivity index (χ0v) is 9.70. The number of anilines is 1. The van der Waals surface area contributed by atoms with Gasteiger partial charge in [0.05, 0.1) is 7.11 Å². The van der Waals surface area contributed by atoms with Crippen LogP contribution < -0.4 is 15.4 Å². The summed E-state index contributed by atoms with van der Waals surface area (Å²) >= 11 is 0. The molecule has 1 aromatic heterocycles. The van der Waals surface area contributed by atoms with Crippen LogP contribution in [0.25, 0.3) is 0 Å². The smallest absolute Gasteiger partial charge is 0.214 e. The van der Waals surface area contributed by atoms with Gasteiger partial charge in [0, 0.05) is 18.7 Å². The molecule has 4 heteroatoms. The van der Waals surface area contributed by atoms with Gasteiger partial charge in [-0.3, -0.25) is 0 Å². The molecule has 2 rings (SSSR count). The van der Waals surface area contributed by atoms with E-state index in [1.54, 1.807) is 7.11 Å². The van der Waals surface area contributed by atoms with Crippen molar-refractivity contribution in [3.05, 3.63) is 18.2 Å². The van der Waals surface area contributed by atoms with Crippen molar-refractivity contribution in [2.24, 2.45) is 0 Å². The van der Waals surface area contributed by atoms with Crippen molar-refractivity contribution in [2.75, 3.05) is 25.5 Å². The first-order valence-electron chi connectivity index (χ1n) is 5.87. The fourth-order valence-corrected chi connectivity index (χ4v) is 2.00. The third-order valence-electron chi connectivity index (χ3n) is 2.89. The lowest BCUT2D eigenvalue weighted by Crippen LogP contribution is -2.24. The molecule has 0 bridgehead atoms. The Labute approximate surface area is 96.4 Å². The highest BCUT2D eigenvalue weighted by Gasteiger charge is 2.12. The fraction of sp³-hybridized carbons (Fsp3) is 0.583. The normalized spacial score (nSPS) is 19.7. The number of rotatable bonds is 5. The Morgan fingerprint density at radius 2 is 2.50 bits per heavy atom. The number of nitrogens with zero attached hydrogens (tertiary/aromatic N) is 1. The molecule has 88 valence electrons. The Balaban J connectivity index is 1.75. The van der Waals surface area contributed by atoms with Crippen LogP contribution >= 0.6 is 0 Å². The topological polar surface area (TPSA) is 46.2 Å². The van der Waals surface area contributed by atoms with Crippen LogP contribution in [0.2, 0.25) is 0 Å². The molecule has 2 heterocycles. The summed E-state index contributed by atoms with van der Waals surface area (Å²) in [5.41, 5.74) is 0. The number of hydrogen-bond acceptors (Lipinski definition) is 4. The summed E-state index contributed by atoms with van der Waals surface area (Å²) in [7, 11) is 1.63. The molecule has 16 heavy (non-hydrogen) atoms. The van der Waals surface area contributed by atoms with Crippen molar-refractivity contribution in [3.8, 4) is 5.88 Å². The van der Waals surface area contributed by atoms with Crippen LogP contribution in [0.4, 0.5) is 5.82 Å². The zero-order chi connectivity index (χ0) is 11.2. The van der Waals surface area contributed by atoms with Crippen molar-refractivity contribution in [1.82, 2.24) is 10.3 Å². The molecule has 0 amide bonds. The van der Waals surface area contributed by atoms with E-state index in [0.717, 1.165) is 18.8 Å². The second-order valence-electron chi connectivity index (χ2n) is 4.07. The van der Waals surface area contributed by atoms with Crippen LogP contribution in [0.1, 0.15) is 19.3 Å². The second-order valence-corrected chi connectivity index (χ2v) is 4.07. The van der Waals surface area contributed by atoms with E-state index in [-0.39, 0.29) is 0 Å². The van der Waals surface area contributed by atoms with E-state index in [2.05, 4.69) is 15.6 Å². The maximum Gasteiger partial charge on any atom is 0.214 e. The maximum absolute atomic E-state index is 5.07. The van der Waals surface area contributed by atoms with E-state index in [4.69, 9.17) is 4.74 Å². The highest BCUT2D eigenvalue weighted by Crippen LogP contribution is 2.12. The van der Waals surface area contributed by atoms with Gasteiger partial charge in [-0.2, -0.15) is 4.98 Å². The highest BCUT2D eigenvalue weighted by molar-refractivity contribution is 5.36. The molecule has 1 fully saturated rings. The largest absolute Gasteiger partial charge is 0.481 e. The van der Waals surface area contributed by atoms with Crippen LogP contribution in [-0.2, 0) is 0 Å². The predicted molar refractivity (Wildman–Crippen MR) is 64.9 cm³/mol. The average Bonchev–Trinajstić information content (AvgIpc) is 2.82. The number of pyridine rings is 1. The lowest BCUT2D eigenvalue weighted by molar-refractivity contribution is 0.398. The van der Waals surface area contributed by atoms with Crippen molar-refractivity contribution in [1.29, 1.82) is 0 Å².